The summed E-state index contributed by atoms with van der Waals surface area (Å²) in [4.78, 5) is 12.4. The van der Waals surface area contributed by atoms with Gasteiger partial charge < -0.3 is 4.74 Å². The summed E-state index contributed by atoms with van der Waals surface area (Å²) in [6.07, 6.45) is 0. The molecule has 0 saturated heterocycles. The topological polar surface area (TPSA) is 26.3 Å². The van der Waals surface area contributed by atoms with Gasteiger partial charge in [-0.15, -0.1) is 0 Å². The molecule has 0 atom stereocenters. The fourth-order valence-electron chi connectivity index (χ4n) is 1.95. The molecule has 0 radical (unpaired) electrons. The Morgan fingerprint density at radius 3 is 2.30 bits per heavy atom. The molecule has 20 heavy (non-hydrogen) atoms. The zero-order valence-electron chi connectivity index (χ0n) is 12.2. The molecule has 2 rings (SSSR count). The van der Waals surface area contributed by atoms with Crippen LogP contribution in [0.25, 0.3) is 0 Å². The number of ketones is 1. The van der Waals surface area contributed by atoms with Gasteiger partial charge in [-0.25, -0.2) is 0 Å². The summed E-state index contributed by atoms with van der Waals surface area (Å²) < 4.78 is 5.62. The zero-order valence-corrected chi connectivity index (χ0v) is 12.2. The third-order valence-electron chi connectivity index (χ3n) is 3.09. The van der Waals surface area contributed by atoms with Crippen molar-refractivity contribution in [1.82, 2.24) is 0 Å². The maximum Gasteiger partial charge on any atom is 0.193 e. The second kappa shape index (κ2) is 6.38. The fourth-order valence-corrected chi connectivity index (χ4v) is 1.95. The molecule has 0 spiro atoms. The smallest absolute Gasteiger partial charge is 0.193 e. The number of aryl methyl sites for hydroxylation is 1. The molecular formula is C18H20O2. The monoisotopic (exact) mass is 268 g/mol. The maximum absolute atomic E-state index is 12.4. The van der Waals surface area contributed by atoms with Crippen LogP contribution in [-0.4, -0.2) is 12.4 Å². The summed E-state index contributed by atoms with van der Waals surface area (Å²) in [6, 6.07) is 15.0. The third-order valence-corrected chi connectivity index (χ3v) is 3.09. The van der Waals surface area contributed by atoms with Gasteiger partial charge in [-0.05, 0) is 42.7 Å². The van der Waals surface area contributed by atoms with E-state index >= 15 is 0 Å². The largest absolute Gasteiger partial charge is 0.493 e. The summed E-state index contributed by atoms with van der Waals surface area (Å²) in [7, 11) is 0. The van der Waals surface area contributed by atoms with Crippen LogP contribution in [0.3, 0.4) is 0 Å². The van der Waals surface area contributed by atoms with Crippen LogP contribution in [-0.2, 0) is 0 Å². The lowest BCUT2D eigenvalue weighted by molar-refractivity contribution is 0.103. The SMILES string of the molecule is Cc1ccccc1C(=O)c1ccc(OCC(C)C)cc1. The zero-order chi connectivity index (χ0) is 14.5. The van der Waals surface area contributed by atoms with Crippen LogP contribution in [0.2, 0.25) is 0 Å². The van der Waals surface area contributed by atoms with Crippen molar-refractivity contribution in [2.45, 2.75) is 20.8 Å². The Bertz CT molecular complexity index is 583. The predicted molar refractivity (Wildman–Crippen MR) is 81.4 cm³/mol. The molecule has 2 aromatic rings. The minimum absolute atomic E-state index is 0.0542. The van der Waals surface area contributed by atoms with E-state index in [0.717, 1.165) is 16.9 Å². The molecule has 0 bridgehead atoms. The van der Waals surface area contributed by atoms with Crippen molar-refractivity contribution in [1.29, 1.82) is 0 Å². The first-order valence-electron chi connectivity index (χ1n) is 6.91. The normalized spacial score (nSPS) is 10.6. The minimum Gasteiger partial charge on any atom is -0.493 e. The van der Waals surface area contributed by atoms with Crippen LogP contribution in [0.15, 0.2) is 48.5 Å². The quantitative estimate of drug-likeness (QED) is 0.757. The van der Waals surface area contributed by atoms with Gasteiger partial charge in [0.05, 0.1) is 6.61 Å². The van der Waals surface area contributed by atoms with Gasteiger partial charge in [0.1, 0.15) is 5.75 Å². The maximum atomic E-state index is 12.4. The average Bonchev–Trinajstić information content (AvgIpc) is 2.45. The van der Waals surface area contributed by atoms with Gasteiger partial charge in [0, 0.05) is 11.1 Å². The molecule has 0 saturated carbocycles. The second-order valence-electron chi connectivity index (χ2n) is 5.37. The Labute approximate surface area is 120 Å². The molecule has 2 nitrogen and oxygen atoms in total. The molecule has 0 amide bonds. The molecule has 0 aromatic heterocycles. The van der Waals surface area contributed by atoms with Gasteiger partial charge in [0.15, 0.2) is 5.78 Å². The lowest BCUT2D eigenvalue weighted by Crippen LogP contribution is -2.06. The predicted octanol–water partition coefficient (Wildman–Crippen LogP) is 4.26. The molecule has 0 aliphatic carbocycles. The van der Waals surface area contributed by atoms with E-state index < -0.39 is 0 Å². The van der Waals surface area contributed by atoms with E-state index in [1.54, 1.807) is 0 Å². The number of hydrogen-bond acceptors (Lipinski definition) is 2. The third kappa shape index (κ3) is 3.47. The highest BCUT2D eigenvalue weighted by Crippen LogP contribution is 2.17. The molecule has 0 N–H and O–H groups in total. The Morgan fingerprint density at radius 2 is 1.70 bits per heavy atom. The van der Waals surface area contributed by atoms with Gasteiger partial charge in [0.25, 0.3) is 0 Å². The summed E-state index contributed by atoms with van der Waals surface area (Å²) in [5.41, 5.74) is 2.44. The second-order valence-corrected chi connectivity index (χ2v) is 5.37. The van der Waals surface area contributed by atoms with Crippen LogP contribution < -0.4 is 4.74 Å². The van der Waals surface area contributed by atoms with Crippen LogP contribution in [0.4, 0.5) is 0 Å². The summed E-state index contributed by atoms with van der Waals surface area (Å²) >= 11 is 0. The molecule has 0 fully saturated rings. The van der Waals surface area contributed by atoms with Crippen molar-refractivity contribution in [3.8, 4) is 5.75 Å². The first-order chi connectivity index (χ1) is 9.58. The average molecular weight is 268 g/mol. The first kappa shape index (κ1) is 14.3. The summed E-state index contributed by atoms with van der Waals surface area (Å²) in [5.74, 6) is 1.35. The van der Waals surface area contributed by atoms with Gasteiger partial charge in [-0.2, -0.15) is 0 Å². The number of carbonyl (C=O) groups is 1. The Morgan fingerprint density at radius 1 is 1.05 bits per heavy atom. The number of rotatable bonds is 5. The number of ether oxygens (including phenoxy) is 1. The van der Waals surface area contributed by atoms with Gasteiger partial charge in [0.2, 0.25) is 0 Å². The molecule has 0 aliphatic heterocycles. The molecule has 104 valence electrons. The van der Waals surface area contributed by atoms with E-state index in [1.807, 2.05) is 55.5 Å². The Kier molecular flexibility index (Phi) is 4.57. The fraction of sp³-hybridized carbons (Fsp3) is 0.278. The highest BCUT2D eigenvalue weighted by atomic mass is 16.5. The van der Waals surface area contributed by atoms with Crippen LogP contribution >= 0.6 is 0 Å². The van der Waals surface area contributed by atoms with Gasteiger partial charge >= 0.3 is 0 Å². The van der Waals surface area contributed by atoms with E-state index in [9.17, 15) is 4.79 Å². The summed E-state index contributed by atoms with van der Waals surface area (Å²) in [5, 5.41) is 0. The lowest BCUT2D eigenvalue weighted by Gasteiger charge is -2.09. The Hall–Kier alpha value is -2.09. The molecule has 2 heteroatoms. The van der Waals surface area contributed by atoms with Crippen molar-refractivity contribution >= 4 is 5.78 Å². The molecule has 0 unspecified atom stereocenters. The van der Waals surface area contributed by atoms with Crippen molar-refractivity contribution in [2.75, 3.05) is 6.61 Å². The van der Waals surface area contributed by atoms with Gasteiger partial charge in [-0.3, -0.25) is 4.79 Å². The van der Waals surface area contributed by atoms with Crippen molar-refractivity contribution in [3.63, 3.8) is 0 Å². The van der Waals surface area contributed by atoms with Crippen LogP contribution in [0.5, 0.6) is 5.75 Å². The van der Waals surface area contributed by atoms with E-state index in [1.165, 1.54) is 0 Å². The van der Waals surface area contributed by atoms with Gasteiger partial charge in [-0.1, -0.05) is 38.1 Å². The van der Waals surface area contributed by atoms with Crippen molar-refractivity contribution in [3.05, 3.63) is 65.2 Å². The van der Waals surface area contributed by atoms with E-state index in [-0.39, 0.29) is 5.78 Å². The summed E-state index contributed by atoms with van der Waals surface area (Å²) in [6.45, 7) is 6.85. The van der Waals surface area contributed by atoms with Crippen LogP contribution in [0.1, 0.15) is 35.3 Å². The lowest BCUT2D eigenvalue weighted by atomic mass is 9.99. The molecule has 0 aliphatic rings. The van der Waals surface area contributed by atoms with Crippen LogP contribution in [0, 0.1) is 12.8 Å². The number of hydrogen-bond donors (Lipinski definition) is 0. The number of carbonyl (C=O) groups excluding carboxylic acids is 1. The molecular weight excluding hydrogens is 248 g/mol. The first-order valence-corrected chi connectivity index (χ1v) is 6.91. The van der Waals surface area contributed by atoms with E-state index in [4.69, 9.17) is 4.74 Å². The Balaban J connectivity index is 2.14. The van der Waals surface area contributed by atoms with Crippen molar-refractivity contribution in [2.24, 2.45) is 5.92 Å². The number of benzene rings is 2. The highest BCUT2D eigenvalue weighted by Gasteiger charge is 2.11. The highest BCUT2D eigenvalue weighted by molar-refractivity contribution is 6.09. The van der Waals surface area contributed by atoms with Crippen molar-refractivity contribution < 1.29 is 9.53 Å². The molecule has 0 heterocycles. The van der Waals surface area contributed by atoms with E-state index in [0.29, 0.717) is 18.1 Å². The molecule has 2 aromatic carbocycles. The van der Waals surface area contributed by atoms with E-state index in [2.05, 4.69) is 13.8 Å². The minimum atomic E-state index is 0.0542. The standard InChI is InChI=1S/C18H20O2/c1-13(2)12-20-16-10-8-15(9-11-16)18(19)17-7-5-4-6-14(17)3/h4-11,13H,12H2,1-3H3.